The third-order valence-electron chi connectivity index (χ3n) is 5.31. The van der Waals surface area contributed by atoms with Crippen LogP contribution in [0.15, 0.2) is 29.3 Å². The Bertz CT molecular complexity index is 1110. The van der Waals surface area contributed by atoms with Crippen LogP contribution in [-0.4, -0.2) is 92.7 Å². The highest BCUT2D eigenvalue weighted by Gasteiger charge is 2.32. The first-order valence-corrected chi connectivity index (χ1v) is 11.9. The number of aliphatic imine (C=N–C) groups is 1. The van der Waals surface area contributed by atoms with Crippen molar-refractivity contribution in [3.05, 3.63) is 29.8 Å². The molecular weight excluding hydrogens is 534 g/mol. The Labute approximate surface area is 227 Å². The normalized spacial score (nSPS) is 13.5. The van der Waals surface area contributed by atoms with Crippen molar-refractivity contribution in [1.29, 1.82) is 0 Å². The third-order valence-corrected chi connectivity index (χ3v) is 5.31. The van der Waals surface area contributed by atoms with Gasteiger partial charge in [0.1, 0.15) is 23.9 Å². The summed E-state index contributed by atoms with van der Waals surface area (Å²) in [6.45, 7) is 0.0583. The first-order valence-electron chi connectivity index (χ1n) is 11.9. The number of nitrogens with one attached hydrogen (secondary N) is 3. The molecule has 3 amide bonds. The monoisotopic (exact) mass is 567 g/mol. The minimum absolute atomic E-state index is 0.0134. The molecule has 0 saturated carbocycles. The number of carboxylic acid groups (broad SMARTS) is 3. The minimum atomic E-state index is -1.82. The summed E-state index contributed by atoms with van der Waals surface area (Å²) in [5.74, 6) is -8.01. The number of phenolic OH excluding ortho intramolecular Hbond substituents is 1. The summed E-state index contributed by atoms with van der Waals surface area (Å²) in [5, 5.41) is 43.5. The molecule has 4 atom stereocenters. The molecule has 220 valence electrons. The summed E-state index contributed by atoms with van der Waals surface area (Å²) >= 11 is 0. The Hall–Kier alpha value is -4.93. The molecule has 0 radical (unpaired) electrons. The van der Waals surface area contributed by atoms with Crippen molar-refractivity contribution in [2.45, 2.75) is 56.3 Å². The highest BCUT2D eigenvalue weighted by molar-refractivity contribution is 5.96. The number of rotatable bonds is 17. The number of aliphatic carboxylic acids is 3. The number of nitrogens with two attached hydrogens (primary N) is 3. The van der Waals surface area contributed by atoms with Crippen molar-refractivity contribution in [2.24, 2.45) is 22.2 Å². The number of nitrogens with zero attached hydrogens (tertiary/aromatic N) is 1. The second-order valence-electron chi connectivity index (χ2n) is 8.64. The van der Waals surface area contributed by atoms with E-state index in [-0.39, 0.29) is 37.5 Å². The van der Waals surface area contributed by atoms with Crippen molar-refractivity contribution < 1.29 is 49.2 Å². The molecule has 17 heteroatoms. The number of carboxylic acids is 3. The summed E-state index contributed by atoms with van der Waals surface area (Å²) in [4.78, 5) is 76.0. The summed E-state index contributed by atoms with van der Waals surface area (Å²) in [6.07, 6.45) is -1.94. The quantitative estimate of drug-likeness (QED) is 0.0504. The fourth-order valence-electron chi connectivity index (χ4n) is 3.33. The van der Waals surface area contributed by atoms with E-state index in [0.717, 1.165) is 0 Å². The van der Waals surface area contributed by atoms with Gasteiger partial charge in [-0.3, -0.25) is 29.0 Å². The molecule has 1 rings (SSSR count). The molecule has 17 nitrogen and oxygen atoms in total. The number of benzene rings is 1. The number of aromatic hydroxyl groups is 1. The van der Waals surface area contributed by atoms with E-state index in [0.29, 0.717) is 5.56 Å². The SMILES string of the molecule is NC(N)=NCCCC(NC(=O)C(CC(=O)O)NC(=O)C(CC(=O)O)NC(=O)C(N)Cc1ccc(O)cc1)C(=O)O. The van der Waals surface area contributed by atoms with Crippen LogP contribution in [0.3, 0.4) is 0 Å². The van der Waals surface area contributed by atoms with Crippen molar-refractivity contribution in [1.82, 2.24) is 16.0 Å². The number of hydrogen-bond donors (Lipinski definition) is 10. The van der Waals surface area contributed by atoms with Gasteiger partial charge in [-0.1, -0.05) is 12.1 Å². The molecule has 0 heterocycles. The van der Waals surface area contributed by atoms with Crippen LogP contribution in [0.5, 0.6) is 5.75 Å². The van der Waals surface area contributed by atoms with Gasteiger partial charge in [-0.15, -0.1) is 0 Å². The van der Waals surface area contributed by atoms with Gasteiger partial charge in [0.25, 0.3) is 0 Å². The van der Waals surface area contributed by atoms with Crippen LogP contribution in [-0.2, 0) is 35.2 Å². The first kappa shape index (κ1) is 33.1. The lowest BCUT2D eigenvalue weighted by Gasteiger charge is -2.24. The van der Waals surface area contributed by atoms with Gasteiger partial charge in [0.2, 0.25) is 17.7 Å². The Morgan fingerprint density at radius 2 is 1.25 bits per heavy atom. The van der Waals surface area contributed by atoms with Gasteiger partial charge in [-0.25, -0.2) is 4.79 Å². The first-order chi connectivity index (χ1) is 18.7. The molecule has 0 fully saturated rings. The standard InChI is InChI=1S/C23H33N7O10/c24-13(8-11-3-5-12(31)6-4-11)19(36)29-15(9-17(32)33)21(38)30-16(10-18(34)35)20(37)28-14(22(39)40)2-1-7-27-23(25)26/h3-6,13-16,31H,1-2,7-10,24H2,(H,28,37)(H,29,36)(H,30,38)(H,32,33)(H,34,35)(H,39,40)(H4,25,26,27). The smallest absolute Gasteiger partial charge is 0.326 e. The Morgan fingerprint density at radius 3 is 1.70 bits per heavy atom. The molecule has 0 spiro atoms. The molecule has 0 saturated heterocycles. The fraction of sp³-hybridized carbons (Fsp3) is 0.435. The minimum Gasteiger partial charge on any atom is -0.508 e. The van der Waals surface area contributed by atoms with E-state index in [1.54, 1.807) is 0 Å². The molecule has 0 aromatic heterocycles. The predicted octanol–water partition coefficient (Wildman–Crippen LogP) is -3.20. The van der Waals surface area contributed by atoms with Crippen LogP contribution in [0, 0.1) is 0 Å². The fourth-order valence-corrected chi connectivity index (χ4v) is 3.33. The number of carbonyl (C=O) groups excluding carboxylic acids is 3. The number of phenols is 1. The largest absolute Gasteiger partial charge is 0.508 e. The summed E-state index contributed by atoms with van der Waals surface area (Å²) in [7, 11) is 0. The van der Waals surface area contributed by atoms with Gasteiger partial charge in [0.05, 0.1) is 18.9 Å². The van der Waals surface area contributed by atoms with Gasteiger partial charge in [-0.2, -0.15) is 0 Å². The van der Waals surface area contributed by atoms with Crippen LogP contribution in [0.4, 0.5) is 0 Å². The van der Waals surface area contributed by atoms with Crippen molar-refractivity contribution in [3.63, 3.8) is 0 Å². The molecular formula is C23H33N7O10. The molecule has 0 bridgehead atoms. The Morgan fingerprint density at radius 1 is 0.775 bits per heavy atom. The van der Waals surface area contributed by atoms with E-state index >= 15 is 0 Å². The highest BCUT2D eigenvalue weighted by atomic mass is 16.4. The van der Waals surface area contributed by atoms with Crippen LogP contribution in [0.2, 0.25) is 0 Å². The van der Waals surface area contributed by atoms with Crippen molar-refractivity contribution in [3.8, 4) is 5.75 Å². The van der Waals surface area contributed by atoms with Gasteiger partial charge < -0.3 is 53.6 Å². The second-order valence-corrected chi connectivity index (χ2v) is 8.64. The average molecular weight is 568 g/mol. The molecule has 0 aliphatic heterocycles. The predicted molar refractivity (Wildman–Crippen MR) is 138 cm³/mol. The number of amides is 3. The van der Waals surface area contributed by atoms with Crippen LogP contribution < -0.4 is 33.2 Å². The number of carbonyl (C=O) groups is 6. The van der Waals surface area contributed by atoms with E-state index < -0.39 is 72.6 Å². The van der Waals surface area contributed by atoms with E-state index in [4.69, 9.17) is 17.2 Å². The molecule has 40 heavy (non-hydrogen) atoms. The van der Waals surface area contributed by atoms with Crippen molar-refractivity contribution >= 4 is 41.6 Å². The van der Waals surface area contributed by atoms with Gasteiger partial charge in [0, 0.05) is 6.54 Å². The molecule has 0 aliphatic carbocycles. The molecule has 0 aliphatic rings. The van der Waals surface area contributed by atoms with Gasteiger partial charge in [0.15, 0.2) is 5.96 Å². The van der Waals surface area contributed by atoms with Crippen LogP contribution >= 0.6 is 0 Å². The zero-order valence-corrected chi connectivity index (χ0v) is 21.3. The lowest BCUT2D eigenvalue weighted by Crippen LogP contribution is -2.58. The average Bonchev–Trinajstić information content (AvgIpc) is 2.85. The number of guanidine groups is 1. The van der Waals surface area contributed by atoms with Gasteiger partial charge in [-0.05, 0) is 37.0 Å². The Kier molecular flexibility index (Phi) is 13.3. The van der Waals surface area contributed by atoms with Crippen LogP contribution in [0.25, 0.3) is 0 Å². The van der Waals surface area contributed by atoms with Gasteiger partial charge >= 0.3 is 17.9 Å². The lowest BCUT2D eigenvalue weighted by molar-refractivity contribution is -0.145. The molecule has 1 aromatic carbocycles. The topological polar surface area (TPSA) is 310 Å². The number of hydrogen-bond acceptors (Lipinski definition) is 9. The summed E-state index contributed by atoms with van der Waals surface area (Å²) in [6, 6.07) is -0.544. The highest BCUT2D eigenvalue weighted by Crippen LogP contribution is 2.11. The lowest BCUT2D eigenvalue weighted by atomic mass is 10.0. The Balaban J connectivity index is 2.96. The van der Waals surface area contributed by atoms with E-state index in [1.165, 1.54) is 24.3 Å². The molecule has 1 aromatic rings. The van der Waals surface area contributed by atoms with E-state index in [2.05, 4.69) is 20.9 Å². The maximum atomic E-state index is 12.8. The van der Waals surface area contributed by atoms with Crippen LogP contribution in [0.1, 0.15) is 31.2 Å². The van der Waals surface area contributed by atoms with E-state index in [1.807, 2.05) is 0 Å². The molecule has 4 unspecified atom stereocenters. The molecule has 13 N–H and O–H groups in total. The summed E-state index contributed by atoms with van der Waals surface area (Å²) < 4.78 is 0. The maximum Gasteiger partial charge on any atom is 0.326 e. The maximum absolute atomic E-state index is 12.8. The zero-order chi connectivity index (χ0) is 30.4. The zero-order valence-electron chi connectivity index (χ0n) is 21.3. The van der Waals surface area contributed by atoms with E-state index in [9.17, 15) is 49.2 Å². The second kappa shape index (κ2) is 16.1. The summed E-state index contributed by atoms with van der Waals surface area (Å²) in [5.41, 5.74) is 16.8. The third kappa shape index (κ3) is 12.5. The van der Waals surface area contributed by atoms with Crippen molar-refractivity contribution in [2.75, 3.05) is 6.54 Å².